The van der Waals surface area contributed by atoms with E-state index in [1.165, 1.54) is 0 Å². The Morgan fingerprint density at radius 3 is 2.35 bits per heavy atom. The van der Waals surface area contributed by atoms with Crippen molar-refractivity contribution in [1.82, 2.24) is 0 Å². The van der Waals surface area contributed by atoms with Crippen LogP contribution in [0.1, 0.15) is 18.4 Å². The van der Waals surface area contributed by atoms with E-state index in [9.17, 15) is 17.6 Å². The van der Waals surface area contributed by atoms with Gasteiger partial charge in [0.05, 0.1) is 11.7 Å². The first-order chi connectivity index (χ1) is 7.86. The lowest BCUT2D eigenvalue weighted by molar-refractivity contribution is -0.137. The minimum atomic E-state index is -4.56. The Hall–Kier alpha value is -1.30. The molecule has 1 aromatic rings. The number of hydrogen-bond acceptors (Lipinski definition) is 2. The molecule has 0 aromatic heterocycles. The maximum atomic E-state index is 13.3. The van der Waals surface area contributed by atoms with Gasteiger partial charge in [0.1, 0.15) is 6.10 Å². The molecule has 17 heavy (non-hydrogen) atoms. The first-order valence-corrected chi connectivity index (χ1v) is 5.07. The number of halogens is 4. The van der Waals surface area contributed by atoms with E-state index >= 15 is 0 Å². The van der Waals surface area contributed by atoms with Crippen LogP contribution in [0.5, 0.6) is 5.75 Å². The number of alkyl halides is 3. The summed E-state index contributed by atoms with van der Waals surface area (Å²) in [5.74, 6) is -1.25. The fourth-order valence-corrected chi connectivity index (χ4v) is 1.59. The monoisotopic (exact) mass is 250 g/mol. The summed E-state index contributed by atoms with van der Waals surface area (Å²) in [5.41, 5.74) is -1.05. The lowest BCUT2D eigenvalue weighted by Gasteiger charge is -2.31. The Kier molecular flexibility index (Phi) is 2.99. The Morgan fingerprint density at radius 2 is 1.88 bits per heavy atom. The molecule has 0 aliphatic heterocycles. The van der Waals surface area contributed by atoms with Gasteiger partial charge in [0.2, 0.25) is 0 Å². The summed E-state index contributed by atoms with van der Waals surface area (Å²) in [5, 5.41) is 8.99. The van der Waals surface area contributed by atoms with Crippen LogP contribution in [-0.2, 0) is 6.18 Å². The first-order valence-electron chi connectivity index (χ1n) is 5.07. The highest BCUT2D eigenvalue weighted by Gasteiger charge is 2.33. The third-order valence-electron chi connectivity index (χ3n) is 2.62. The van der Waals surface area contributed by atoms with E-state index in [-0.39, 0.29) is 11.9 Å². The van der Waals surface area contributed by atoms with E-state index < -0.39 is 23.7 Å². The van der Waals surface area contributed by atoms with Gasteiger partial charge in [-0.2, -0.15) is 13.2 Å². The molecule has 1 aromatic carbocycles. The second-order valence-corrected chi connectivity index (χ2v) is 4.01. The van der Waals surface area contributed by atoms with Crippen LogP contribution >= 0.6 is 0 Å². The van der Waals surface area contributed by atoms with Crippen molar-refractivity contribution in [1.29, 1.82) is 0 Å². The number of ether oxygens (including phenoxy) is 1. The Balaban J connectivity index is 2.09. The molecule has 0 atom stereocenters. The molecule has 0 amide bonds. The maximum absolute atomic E-state index is 13.3. The molecular formula is C11H10F4O2. The molecule has 1 saturated carbocycles. The van der Waals surface area contributed by atoms with Crippen molar-refractivity contribution >= 4 is 0 Å². The number of benzene rings is 1. The number of aliphatic hydroxyl groups is 1. The fourth-order valence-electron chi connectivity index (χ4n) is 1.59. The average Bonchev–Trinajstić information content (AvgIpc) is 2.16. The van der Waals surface area contributed by atoms with Gasteiger partial charge in [-0.05, 0) is 18.2 Å². The number of aliphatic hydroxyl groups excluding tert-OH is 1. The van der Waals surface area contributed by atoms with E-state index in [1.54, 1.807) is 0 Å². The van der Waals surface area contributed by atoms with Crippen LogP contribution in [0.2, 0.25) is 0 Å². The molecule has 0 spiro atoms. The van der Waals surface area contributed by atoms with Gasteiger partial charge < -0.3 is 9.84 Å². The zero-order valence-electron chi connectivity index (χ0n) is 8.67. The number of hydrogen-bond donors (Lipinski definition) is 1. The van der Waals surface area contributed by atoms with Gasteiger partial charge in [-0.3, -0.25) is 0 Å². The van der Waals surface area contributed by atoms with Crippen LogP contribution in [0.4, 0.5) is 17.6 Å². The van der Waals surface area contributed by atoms with E-state index in [0.717, 1.165) is 12.1 Å². The van der Waals surface area contributed by atoms with Crippen molar-refractivity contribution in [2.24, 2.45) is 0 Å². The molecule has 2 rings (SSSR count). The molecule has 0 bridgehead atoms. The molecule has 1 fully saturated rings. The largest absolute Gasteiger partial charge is 0.487 e. The molecule has 1 aliphatic rings. The summed E-state index contributed by atoms with van der Waals surface area (Å²) in [7, 11) is 0. The maximum Gasteiger partial charge on any atom is 0.416 e. The van der Waals surface area contributed by atoms with Crippen molar-refractivity contribution in [2.45, 2.75) is 31.2 Å². The quantitative estimate of drug-likeness (QED) is 0.818. The van der Waals surface area contributed by atoms with Crippen LogP contribution < -0.4 is 4.74 Å². The molecule has 0 unspecified atom stereocenters. The fraction of sp³-hybridized carbons (Fsp3) is 0.455. The van der Waals surface area contributed by atoms with Gasteiger partial charge in [-0.15, -0.1) is 0 Å². The van der Waals surface area contributed by atoms with Crippen LogP contribution in [0.3, 0.4) is 0 Å². The van der Waals surface area contributed by atoms with Gasteiger partial charge in [0, 0.05) is 12.8 Å². The first kappa shape index (κ1) is 12.2. The summed E-state index contributed by atoms with van der Waals surface area (Å²) in [6.07, 6.45) is -4.60. The van der Waals surface area contributed by atoms with E-state index in [2.05, 4.69) is 0 Å². The molecule has 2 nitrogen and oxygen atoms in total. The minimum Gasteiger partial charge on any atom is -0.487 e. The third kappa shape index (κ3) is 2.69. The van der Waals surface area contributed by atoms with Crippen LogP contribution in [0.25, 0.3) is 0 Å². The van der Waals surface area contributed by atoms with Crippen molar-refractivity contribution in [3.63, 3.8) is 0 Å². The number of rotatable bonds is 2. The van der Waals surface area contributed by atoms with Crippen LogP contribution in [-0.4, -0.2) is 17.3 Å². The summed E-state index contributed by atoms with van der Waals surface area (Å²) in [4.78, 5) is 0. The molecule has 0 radical (unpaired) electrons. The summed E-state index contributed by atoms with van der Waals surface area (Å²) in [6.45, 7) is 0. The van der Waals surface area contributed by atoms with Gasteiger partial charge in [-0.25, -0.2) is 4.39 Å². The predicted octanol–water partition coefficient (Wildman–Crippen LogP) is 2.75. The molecule has 0 saturated heterocycles. The van der Waals surface area contributed by atoms with Crippen LogP contribution in [0.15, 0.2) is 18.2 Å². The molecule has 0 heterocycles. The Morgan fingerprint density at radius 1 is 1.24 bits per heavy atom. The minimum absolute atomic E-state index is 0.213. The smallest absolute Gasteiger partial charge is 0.416 e. The lowest BCUT2D eigenvalue weighted by Crippen LogP contribution is -2.37. The second kappa shape index (κ2) is 4.18. The summed E-state index contributed by atoms with van der Waals surface area (Å²) >= 11 is 0. The highest BCUT2D eigenvalue weighted by atomic mass is 19.4. The normalized spacial score (nSPS) is 24.3. The second-order valence-electron chi connectivity index (χ2n) is 4.01. The molecule has 1 N–H and O–H groups in total. The summed E-state index contributed by atoms with van der Waals surface area (Å²) in [6, 6.07) is 2.14. The molecule has 6 heteroatoms. The predicted molar refractivity (Wildman–Crippen MR) is 51.1 cm³/mol. The standard InChI is InChI=1S/C11H10F4O2/c12-9-3-6(11(13,14)15)1-2-10(9)17-8-4-7(16)5-8/h1-3,7-8,16H,4-5H2/t7-,8+. The van der Waals surface area contributed by atoms with E-state index in [4.69, 9.17) is 9.84 Å². The van der Waals surface area contributed by atoms with E-state index in [0.29, 0.717) is 18.9 Å². The van der Waals surface area contributed by atoms with Crippen molar-refractivity contribution < 1.29 is 27.4 Å². The zero-order valence-corrected chi connectivity index (χ0v) is 8.67. The highest BCUT2D eigenvalue weighted by molar-refractivity contribution is 5.31. The van der Waals surface area contributed by atoms with Gasteiger partial charge >= 0.3 is 6.18 Å². The highest BCUT2D eigenvalue weighted by Crippen LogP contribution is 2.33. The Labute approximate surface area is 94.8 Å². The zero-order chi connectivity index (χ0) is 12.6. The Bertz CT molecular complexity index is 410. The van der Waals surface area contributed by atoms with Crippen molar-refractivity contribution in [2.75, 3.05) is 0 Å². The molecule has 1 aliphatic carbocycles. The van der Waals surface area contributed by atoms with Gasteiger partial charge in [-0.1, -0.05) is 0 Å². The van der Waals surface area contributed by atoms with Crippen molar-refractivity contribution in [3.05, 3.63) is 29.6 Å². The molecular weight excluding hydrogens is 240 g/mol. The van der Waals surface area contributed by atoms with Crippen LogP contribution in [0, 0.1) is 5.82 Å². The third-order valence-corrected chi connectivity index (χ3v) is 2.62. The summed E-state index contributed by atoms with van der Waals surface area (Å²) < 4.78 is 55.2. The topological polar surface area (TPSA) is 29.5 Å². The average molecular weight is 250 g/mol. The molecule has 94 valence electrons. The van der Waals surface area contributed by atoms with Gasteiger partial charge in [0.25, 0.3) is 0 Å². The SMILES string of the molecule is O[C@H]1C[C@@H](Oc2ccc(C(F)(F)F)cc2F)C1. The lowest BCUT2D eigenvalue weighted by atomic mass is 9.92. The van der Waals surface area contributed by atoms with E-state index in [1.807, 2.05) is 0 Å². The van der Waals surface area contributed by atoms with Crippen molar-refractivity contribution in [3.8, 4) is 5.75 Å². The van der Waals surface area contributed by atoms with Gasteiger partial charge in [0.15, 0.2) is 11.6 Å².